The number of ether oxygens (including phenoxy) is 1. The Morgan fingerprint density at radius 2 is 2.00 bits per heavy atom. The molecule has 1 unspecified atom stereocenters. The van der Waals surface area contributed by atoms with Gasteiger partial charge in [0.15, 0.2) is 0 Å². The minimum absolute atomic E-state index is 0.538. The van der Waals surface area contributed by atoms with E-state index in [4.69, 9.17) is 5.11 Å². The summed E-state index contributed by atoms with van der Waals surface area (Å²) in [4.78, 5) is 10.8. The van der Waals surface area contributed by atoms with Gasteiger partial charge in [0.25, 0.3) is 6.43 Å². The van der Waals surface area contributed by atoms with Crippen LogP contribution >= 0.6 is 0 Å². The quantitative estimate of drug-likeness (QED) is 0.575. The molecule has 10 heteroatoms. The van der Waals surface area contributed by atoms with Gasteiger partial charge in [0.2, 0.25) is 0 Å². The van der Waals surface area contributed by atoms with Crippen molar-refractivity contribution in [3.63, 3.8) is 0 Å². The second-order valence-electron chi connectivity index (χ2n) is 3.96. The lowest BCUT2D eigenvalue weighted by Crippen LogP contribution is -2.20. The van der Waals surface area contributed by atoms with E-state index in [2.05, 4.69) is 4.74 Å². The first-order valence-electron chi connectivity index (χ1n) is 5.55. The van der Waals surface area contributed by atoms with Crippen molar-refractivity contribution >= 4 is 16.1 Å². The normalized spacial score (nSPS) is 13.2. The van der Waals surface area contributed by atoms with Gasteiger partial charge in [-0.1, -0.05) is 0 Å². The van der Waals surface area contributed by atoms with Crippen LogP contribution in [0.5, 0.6) is 5.75 Å². The minimum Gasteiger partial charge on any atom is -0.744 e. The first-order valence-corrected chi connectivity index (χ1v) is 6.96. The van der Waals surface area contributed by atoms with E-state index in [1.54, 1.807) is 0 Å². The molecule has 118 valence electrons. The molecule has 1 atom stereocenters. The van der Waals surface area contributed by atoms with Crippen molar-refractivity contribution in [1.82, 2.24) is 0 Å². The maximum atomic E-state index is 12.0. The first-order chi connectivity index (χ1) is 9.62. The third kappa shape index (κ3) is 4.92. The molecule has 0 aromatic heterocycles. The van der Waals surface area contributed by atoms with E-state index in [9.17, 15) is 31.7 Å². The van der Waals surface area contributed by atoms with Gasteiger partial charge in [-0.25, -0.2) is 22.0 Å². The highest BCUT2D eigenvalue weighted by atomic mass is 32.2. The van der Waals surface area contributed by atoms with Crippen LogP contribution in [0.2, 0.25) is 0 Å². The van der Waals surface area contributed by atoms with Crippen molar-refractivity contribution in [2.75, 3.05) is 6.61 Å². The summed E-state index contributed by atoms with van der Waals surface area (Å²) in [7, 11) is -4.83. The molecular formula is C11H11F2O7S-. The van der Waals surface area contributed by atoms with Gasteiger partial charge < -0.3 is 19.5 Å². The number of aromatic hydroxyl groups is 1. The molecule has 0 saturated carbocycles. The fourth-order valence-electron chi connectivity index (χ4n) is 1.31. The van der Waals surface area contributed by atoms with Crippen LogP contribution < -0.4 is 0 Å². The Kier molecular flexibility index (Phi) is 5.58. The molecule has 0 bridgehead atoms. The number of benzene rings is 1. The molecule has 0 fully saturated rings. The Balaban J connectivity index is 2.79. The van der Waals surface area contributed by atoms with Gasteiger partial charge >= 0.3 is 5.97 Å². The highest BCUT2D eigenvalue weighted by Gasteiger charge is 2.19. The highest BCUT2D eigenvalue weighted by molar-refractivity contribution is 7.85. The SMILES string of the molecule is O=C(OCCC(O)C(F)F)c1cc(S(=O)(=O)[O-])ccc1O. The van der Waals surface area contributed by atoms with E-state index in [1.807, 2.05) is 0 Å². The number of hydrogen-bond acceptors (Lipinski definition) is 7. The Labute approximate surface area is 118 Å². The predicted octanol–water partition coefficient (Wildman–Crippen LogP) is 0.469. The molecule has 0 aliphatic heterocycles. The number of phenols is 1. The number of halogens is 2. The molecule has 0 radical (unpaired) electrons. The number of rotatable bonds is 6. The van der Waals surface area contributed by atoms with Crippen LogP contribution in [-0.4, -0.2) is 48.3 Å². The average Bonchev–Trinajstić information content (AvgIpc) is 2.37. The summed E-state index contributed by atoms with van der Waals surface area (Å²) in [5.74, 6) is -1.85. The summed E-state index contributed by atoms with van der Waals surface area (Å²) in [6.07, 6.45) is -5.50. The highest BCUT2D eigenvalue weighted by Crippen LogP contribution is 2.22. The lowest BCUT2D eigenvalue weighted by atomic mass is 10.2. The standard InChI is InChI=1S/C11H12F2O7S/c12-10(13)9(15)3-4-20-11(16)7-5-6(21(17,18)19)1-2-8(7)14/h1-2,5,9-10,14-15H,3-4H2,(H,17,18,19)/p-1. The molecule has 0 heterocycles. The number of hydrogen-bond donors (Lipinski definition) is 2. The number of carbonyl (C=O) groups is 1. The van der Waals surface area contributed by atoms with Crippen LogP contribution in [0.25, 0.3) is 0 Å². The number of aliphatic hydroxyl groups excluding tert-OH is 1. The average molecular weight is 325 g/mol. The third-order valence-electron chi connectivity index (χ3n) is 2.41. The van der Waals surface area contributed by atoms with Crippen LogP contribution in [0.15, 0.2) is 23.1 Å². The fraction of sp³-hybridized carbons (Fsp3) is 0.364. The lowest BCUT2D eigenvalue weighted by Gasteiger charge is -2.12. The summed E-state index contributed by atoms with van der Waals surface area (Å²) in [5, 5.41) is 18.2. The van der Waals surface area contributed by atoms with E-state index in [-0.39, 0.29) is 0 Å². The molecule has 1 rings (SSSR count). The van der Waals surface area contributed by atoms with E-state index in [0.717, 1.165) is 12.1 Å². The largest absolute Gasteiger partial charge is 0.744 e. The zero-order valence-electron chi connectivity index (χ0n) is 10.4. The smallest absolute Gasteiger partial charge is 0.341 e. The van der Waals surface area contributed by atoms with Crippen LogP contribution in [0.3, 0.4) is 0 Å². The Hall–Kier alpha value is -1.78. The fourth-order valence-corrected chi connectivity index (χ4v) is 1.81. The first kappa shape index (κ1) is 17.3. The van der Waals surface area contributed by atoms with Crippen LogP contribution in [0.1, 0.15) is 16.8 Å². The van der Waals surface area contributed by atoms with Gasteiger partial charge in [-0.3, -0.25) is 0 Å². The summed E-state index contributed by atoms with van der Waals surface area (Å²) in [5.41, 5.74) is -0.599. The predicted molar refractivity (Wildman–Crippen MR) is 63.0 cm³/mol. The number of esters is 1. The zero-order valence-corrected chi connectivity index (χ0v) is 11.2. The van der Waals surface area contributed by atoms with E-state index >= 15 is 0 Å². The molecule has 2 N–H and O–H groups in total. The topological polar surface area (TPSA) is 124 Å². The van der Waals surface area contributed by atoms with E-state index < -0.39 is 57.9 Å². The second-order valence-corrected chi connectivity index (χ2v) is 5.34. The van der Waals surface area contributed by atoms with Crippen LogP contribution in [0, 0.1) is 0 Å². The number of aliphatic hydroxyl groups is 1. The summed E-state index contributed by atoms with van der Waals surface area (Å²) >= 11 is 0. The molecule has 0 saturated heterocycles. The van der Waals surface area contributed by atoms with Crippen molar-refractivity contribution in [1.29, 1.82) is 0 Å². The molecule has 0 aliphatic carbocycles. The van der Waals surface area contributed by atoms with Crippen molar-refractivity contribution in [2.24, 2.45) is 0 Å². The van der Waals surface area contributed by atoms with Crippen molar-refractivity contribution in [3.8, 4) is 5.75 Å². The number of carbonyl (C=O) groups excluding carboxylic acids is 1. The maximum absolute atomic E-state index is 12.0. The van der Waals surface area contributed by atoms with Crippen molar-refractivity contribution in [3.05, 3.63) is 23.8 Å². The zero-order chi connectivity index (χ0) is 16.2. The molecule has 1 aromatic rings. The molecule has 1 aromatic carbocycles. The summed E-state index contributed by atoms with van der Waals surface area (Å²) in [6.45, 7) is -0.571. The van der Waals surface area contributed by atoms with Crippen LogP contribution in [0.4, 0.5) is 8.78 Å². The Morgan fingerprint density at radius 1 is 1.38 bits per heavy atom. The Morgan fingerprint density at radius 3 is 2.52 bits per heavy atom. The van der Waals surface area contributed by atoms with Crippen molar-refractivity contribution < 1.29 is 41.5 Å². The molecular weight excluding hydrogens is 314 g/mol. The van der Waals surface area contributed by atoms with Gasteiger partial charge in [-0.15, -0.1) is 0 Å². The maximum Gasteiger partial charge on any atom is 0.341 e. The molecule has 0 spiro atoms. The van der Waals surface area contributed by atoms with E-state index in [1.165, 1.54) is 0 Å². The van der Waals surface area contributed by atoms with Crippen molar-refractivity contribution in [2.45, 2.75) is 23.8 Å². The molecule has 0 aliphatic rings. The Bertz CT molecular complexity index is 615. The van der Waals surface area contributed by atoms with E-state index in [0.29, 0.717) is 6.07 Å². The number of phenolic OH excluding ortho intramolecular Hbond substituents is 1. The lowest BCUT2D eigenvalue weighted by molar-refractivity contribution is -0.0210. The van der Waals surface area contributed by atoms with Gasteiger partial charge in [-0.05, 0) is 18.2 Å². The number of alkyl halides is 2. The second kappa shape index (κ2) is 6.78. The van der Waals surface area contributed by atoms with Gasteiger partial charge in [0.05, 0.1) is 11.5 Å². The van der Waals surface area contributed by atoms with Gasteiger partial charge in [0, 0.05) is 6.42 Å². The molecule has 0 amide bonds. The minimum atomic E-state index is -4.83. The van der Waals surface area contributed by atoms with Crippen LogP contribution in [-0.2, 0) is 14.9 Å². The molecule has 7 nitrogen and oxygen atoms in total. The third-order valence-corrected chi connectivity index (χ3v) is 3.25. The molecule has 21 heavy (non-hydrogen) atoms. The van der Waals surface area contributed by atoms with Gasteiger partial charge in [-0.2, -0.15) is 0 Å². The monoisotopic (exact) mass is 325 g/mol. The van der Waals surface area contributed by atoms with Gasteiger partial charge in [0.1, 0.15) is 27.5 Å². The summed E-state index contributed by atoms with van der Waals surface area (Å²) in [6, 6.07) is 2.23. The summed E-state index contributed by atoms with van der Waals surface area (Å²) < 4.78 is 60.9.